The minimum atomic E-state index is -0.0400. The van der Waals surface area contributed by atoms with Gasteiger partial charge in [-0.15, -0.1) is 0 Å². The first-order chi connectivity index (χ1) is 14.2. The largest absolute Gasteiger partial charge is 0.302 e. The van der Waals surface area contributed by atoms with Crippen molar-refractivity contribution in [3.63, 3.8) is 0 Å². The van der Waals surface area contributed by atoms with E-state index in [9.17, 15) is 4.79 Å². The second-order valence-corrected chi connectivity index (χ2v) is 8.29. The molecule has 0 radical (unpaired) electrons. The molecule has 2 aliphatic rings. The maximum Gasteiger partial charge on any atom is 0.266 e. The molecular formula is C22H32N6O. The van der Waals surface area contributed by atoms with Gasteiger partial charge in [-0.2, -0.15) is 5.10 Å². The van der Waals surface area contributed by atoms with Crippen LogP contribution in [0.25, 0.3) is 11.3 Å². The van der Waals surface area contributed by atoms with Crippen molar-refractivity contribution in [2.24, 2.45) is 0 Å². The van der Waals surface area contributed by atoms with Crippen LogP contribution < -0.4 is 5.56 Å². The van der Waals surface area contributed by atoms with Gasteiger partial charge < -0.3 is 4.90 Å². The van der Waals surface area contributed by atoms with Gasteiger partial charge in [0.1, 0.15) is 0 Å². The van der Waals surface area contributed by atoms with E-state index in [1.165, 1.54) is 32.4 Å². The Morgan fingerprint density at radius 1 is 0.931 bits per heavy atom. The van der Waals surface area contributed by atoms with Crippen molar-refractivity contribution < 1.29 is 0 Å². The number of rotatable bonds is 6. The van der Waals surface area contributed by atoms with Gasteiger partial charge in [-0.3, -0.25) is 19.6 Å². The summed E-state index contributed by atoms with van der Waals surface area (Å²) in [4.78, 5) is 23.9. The zero-order valence-corrected chi connectivity index (χ0v) is 17.4. The van der Waals surface area contributed by atoms with E-state index < -0.39 is 0 Å². The van der Waals surface area contributed by atoms with Gasteiger partial charge in [-0.05, 0) is 44.6 Å². The van der Waals surface area contributed by atoms with Crippen LogP contribution in [0, 0.1) is 0 Å². The van der Waals surface area contributed by atoms with E-state index in [0.29, 0.717) is 12.6 Å². The molecule has 156 valence electrons. The Labute approximate surface area is 172 Å². The van der Waals surface area contributed by atoms with Gasteiger partial charge in [0, 0.05) is 69.3 Å². The fraction of sp³-hybridized carbons (Fsp3) is 0.591. The van der Waals surface area contributed by atoms with E-state index >= 15 is 0 Å². The van der Waals surface area contributed by atoms with Crippen molar-refractivity contribution in [3.8, 4) is 11.3 Å². The van der Waals surface area contributed by atoms with Crippen LogP contribution >= 0.6 is 0 Å². The molecule has 29 heavy (non-hydrogen) atoms. The third-order valence-electron chi connectivity index (χ3n) is 6.33. The molecule has 0 aromatic carbocycles. The fourth-order valence-electron chi connectivity index (χ4n) is 4.39. The first-order valence-corrected chi connectivity index (χ1v) is 10.8. The van der Waals surface area contributed by atoms with Crippen LogP contribution in [0.2, 0.25) is 0 Å². The molecule has 2 aliphatic heterocycles. The molecule has 1 atom stereocenters. The monoisotopic (exact) mass is 396 g/mol. The Balaban J connectivity index is 1.28. The molecule has 2 aromatic rings. The molecule has 7 heteroatoms. The Bertz CT molecular complexity index is 831. The van der Waals surface area contributed by atoms with Gasteiger partial charge in [0.25, 0.3) is 5.56 Å². The average Bonchev–Trinajstić information content (AvgIpc) is 2.76. The average molecular weight is 397 g/mol. The quantitative estimate of drug-likeness (QED) is 0.736. The maximum atomic E-state index is 12.2. The SMILES string of the molecule is CN1CCCCC1CN1CCN(CCn2nc(-c3ccncc3)ccc2=O)CC1. The standard InChI is InChI=1S/C22H32N6O/c1-25-11-3-2-4-20(25)18-27-14-12-26(13-15-27)16-17-28-22(29)6-5-21(24-28)19-7-9-23-10-8-19/h5-10,20H,2-4,11-18H2,1H3. The van der Waals surface area contributed by atoms with Gasteiger partial charge in [-0.1, -0.05) is 6.42 Å². The predicted molar refractivity (Wildman–Crippen MR) is 115 cm³/mol. The summed E-state index contributed by atoms with van der Waals surface area (Å²) in [6.45, 7) is 8.29. The van der Waals surface area contributed by atoms with E-state index in [1.54, 1.807) is 29.2 Å². The zero-order valence-electron chi connectivity index (χ0n) is 17.4. The summed E-state index contributed by atoms with van der Waals surface area (Å²) in [5, 5.41) is 4.56. The van der Waals surface area contributed by atoms with Gasteiger partial charge in [-0.25, -0.2) is 4.68 Å². The van der Waals surface area contributed by atoms with Crippen LogP contribution in [0.1, 0.15) is 19.3 Å². The Kier molecular flexibility index (Phi) is 6.69. The van der Waals surface area contributed by atoms with Crippen LogP contribution in [0.4, 0.5) is 0 Å². The van der Waals surface area contributed by atoms with Crippen molar-refractivity contribution in [1.29, 1.82) is 0 Å². The summed E-state index contributed by atoms with van der Waals surface area (Å²) in [5.74, 6) is 0. The molecule has 7 nitrogen and oxygen atoms in total. The summed E-state index contributed by atoms with van der Waals surface area (Å²) in [6.07, 6.45) is 7.54. The predicted octanol–water partition coefficient (Wildman–Crippen LogP) is 1.41. The molecule has 4 heterocycles. The normalized spacial score (nSPS) is 22.0. The molecule has 2 fully saturated rings. The van der Waals surface area contributed by atoms with Crippen molar-refractivity contribution >= 4 is 0 Å². The maximum absolute atomic E-state index is 12.2. The molecule has 0 saturated carbocycles. The minimum Gasteiger partial charge on any atom is -0.302 e. The third-order valence-corrected chi connectivity index (χ3v) is 6.33. The second kappa shape index (κ2) is 9.61. The number of likely N-dealkylation sites (tertiary alicyclic amines) is 1. The van der Waals surface area contributed by atoms with Crippen LogP contribution in [0.5, 0.6) is 0 Å². The number of piperidine rings is 1. The number of pyridine rings is 1. The molecule has 2 aromatic heterocycles. The second-order valence-electron chi connectivity index (χ2n) is 8.29. The number of likely N-dealkylation sites (N-methyl/N-ethyl adjacent to an activating group) is 1. The number of aromatic nitrogens is 3. The fourth-order valence-corrected chi connectivity index (χ4v) is 4.39. The minimum absolute atomic E-state index is 0.0400. The van der Waals surface area contributed by atoms with Crippen LogP contribution in [-0.4, -0.2) is 88.4 Å². The highest BCUT2D eigenvalue weighted by Crippen LogP contribution is 2.17. The lowest BCUT2D eigenvalue weighted by atomic mass is 10.0. The third kappa shape index (κ3) is 5.29. The lowest BCUT2D eigenvalue weighted by Crippen LogP contribution is -2.52. The summed E-state index contributed by atoms with van der Waals surface area (Å²) in [6, 6.07) is 7.95. The zero-order chi connectivity index (χ0) is 20.1. The molecule has 0 aliphatic carbocycles. The van der Waals surface area contributed by atoms with E-state index in [4.69, 9.17) is 0 Å². The van der Waals surface area contributed by atoms with Crippen molar-refractivity contribution in [1.82, 2.24) is 29.5 Å². The summed E-state index contributed by atoms with van der Waals surface area (Å²) >= 11 is 0. The highest BCUT2D eigenvalue weighted by atomic mass is 16.1. The Hall–Kier alpha value is -2.09. The Morgan fingerprint density at radius 2 is 1.69 bits per heavy atom. The molecule has 2 saturated heterocycles. The molecular weight excluding hydrogens is 364 g/mol. The highest BCUT2D eigenvalue weighted by molar-refractivity contribution is 5.56. The summed E-state index contributed by atoms with van der Waals surface area (Å²) in [5.41, 5.74) is 1.75. The van der Waals surface area contributed by atoms with Gasteiger partial charge in [0.05, 0.1) is 12.2 Å². The first-order valence-electron chi connectivity index (χ1n) is 10.8. The van der Waals surface area contributed by atoms with Gasteiger partial charge >= 0.3 is 0 Å². The molecule has 0 amide bonds. The Morgan fingerprint density at radius 3 is 2.45 bits per heavy atom. The first kappa shape index (κ1) is 20.2. The topological polar surface area (TPSA) is 57.5 Å². The van der Waals surface area contributed by atoms with Gasteiger partial charge in [0.15, 0.2) is 0 Å². The van der Waals surface area contributed by atoms with Crippen molar-refractivity contribution in [2.45, 2.75) is 31.8 Å². The summed E-state index contributed by atoms with van der Waals surface area (Å²) < 4.78 is 1.60. The van der Waals surface area contributed by atoms with Crippen LogP contribution in [-0.2, 0) is 6.54 Å². The highest BCUT2D eigenvalue weighted by Gasteiger charge is 2.24. The lowest BCUT2D eigenvalue weighted by Gasteiger charge is -2.40. The van der Waals surface area contributed by atoms with Crippen molar-refractivity contribution in [3.05, 3.63) is 47.0 Å². The molecule has 0 N–H and O–H groups in total. The smallest absolute Gasteiger partial charge is 0.266 e. The number of nitrogens with zero attached hydrogens (tertiary/aromatic N) is 6. The van der Waals surface area contributed by atoms with Crippen molar-refractivity contribution in [2.75, 3.05) is 52.9 Å². The lowest BCUT2D eigenvalue weighted by molar-refractivity contribution is 0.0826. The molecule has 4 rings (SSSR count). The van der Waals surface area contributed by atoms with Gasteiger partial charge in [0.2, 0.25) is 0 Å². The van der Waals surface area contributed by atoms with E-state index in [1.807, 2.05) is 12.1 Å². The van der Waals surface area contributed by atoms with Crippen LogP contribution in [0.3, 0.4) is 0 Å². The van der Waals surface area contributed by atoms with E-state index in [-0.39, 0.29) is 5.56 Å². The van der Waals surface area contributed by atoms with E-state index in [0.717, 1.165) is 44.0 Å². The molecule has 0 spiro atoms. The number of piperazine rings is 1. The number of hydrogen-bond donors (Lipinski definition) is 0. The number of hydrogen-bond acceptors (Lipinski definition) is 6. The summed E-state index contributed by atoms with van der Waals surface area (Å²) in [7, 11) is 2.27. The molecule has 0 bridgehead atoms. The van der Waals surface area contributed by atoms with E-state index in [2.05, 4.69) is 31.8 Å². The molecule has 1 unspecified atom stereocenters. The van der Waals surface area contributed by atoms with Crippen LogP contribution in [0.15, 0.2) is 41.5 Å².